The van der Waals surface area contributed by atoms with Crippen LogP contribution in [0.1, 0.15) is 6.92 Å². The van der Waals surface area contributed by atoms with E-state index in [1.54, 1.807) is 0 Å². The van der Waals surface area contributed by atoms with Gasteiger partial charge in [-0.1, -0.05) is 22.5 Å². The summed E-state index contributed by atoms with van der Waals surface area (Å²) in [6.45, 7) is 4.48. The van der Waals surface area contributed by atoms with Crippen LogP contribution < -0.4 is 98.9 Å². The van der Waals surface area contributed by atoms with Gasteiger partial charge in [-0.3, -0.25) is 19.1 Å². The molecular weight excluding hydrogens is 729 g/mol. The Morgan fingerprint density at radius 1 is 0.791 bits per heavy atom. The molecule has 2 N–H and O–H groups in total. The summed E-state index contributed by atoms with van der Waals surface area (Å²) in [5.74, 6) is -1.43. The minimum atomic E-state index is -5.27. The fourth-order valence-electron chi connectivity index (χ4n) is 3.17. The molecule has 3 rings (SSSR count). The minimum Gasteiger partial charge on any atom is -0.862 e. The third kappa shape index (κ3) is 11.3. The van der Waals surface area contributed by atoms with E-state index in [1.807, 2.05) is 0 Å². The van der Waals surface area contributed by atoms with E-state index in [9.17, 15) is 49.1 Å². The molecule has 3 aromatic carbocycles. The van der Waals surface area contributed by atoms with Gasteiger partial charge in [-0.2, -0.15) is 16.8 Å². The Labute approximate surface area is 320 Å². The van der Waals surface area contributed by atoms with E-state index in [-0.39, 0.29) is 110 Å². The summed E-state index contributed by atoms with van der Waals surface area (Å²) in [6, 6.07) is 6.02. The first-order valence-corrected chi connectivity index (χ1v) is 15.3. The molecule has 0 aliphatic carbocycles. The van der Waals surface area contributed by atoms with E-state index in [0.717, 1.165) is 13.0 Å². The van der Waals surface area contributed by atoms with Crippen LogP contribution in [0, 0.1) is 0 Å². The minimum absolute atomic E-state index is 0. The van der Waals surface area contributed by atoms with Gasteiger partial charge in [0.2, 0.25) is 0 Å². The molecule has 0 heterocycles. The predicted octanol–water partition coefficient (Wildman–Crippen LogP) is -6.63. The molecule has 15 nitrogen and oxygen atoms in total. The Morgan fingerprint density at radius 2 is 1.35 bits per heavy atom. The van der Waals surface area contributed by atoms with Gasteiger partial charge < -0.3 is 14.8 Å². The second-order valence-electron chi connectivity index (χ2n) is 7.69. The van der Waals surface area contributed by atoms with Crippen molar-refractivity contribution in [2.24, 2.45) is 20.2 Å². The summed E-state index contributed by atoms with van der Waals surface area (Å²) in [4.78, 5) is 4.29. The normalized spacial score (nSPS) is 12.8. The predicted molar refractivity (Wildman–Crippen MR) is 140 cm³/mol. The van der Waals surface area contributed by atoms with Crippen LogP contribution in [0.25, 0.3) is 10.8 Å². The summed E-state index contributed by atoms with van der Waals surface area (Å²) < 4.78 is 102. The van der Waals surface area contributed by atoms with E-state index < -0.39 is 73.3 Å². The molecular formula is C21H14BrN4Na3O11S3. The van der Waals surface area contributed by atoms with Gasteiger partial charge in [0.1, 0.15) is 31.3 Å². The number of azo groups is 1. The second-order valence-corrected chi connectivity index (χ2v) is 12.8. The van der Waals surface area contributed by atoms with Crippen molar-refractivity contribution in [2.45, 2.75) is 21.6 Å². The van der Waals surface area contributed by atoms with Crippen molar-refractivity contribution < 1.29 is 138 Å². The first kappa shape index (κ1) is 42.4. The van der Waals surface area contributed by atoms with Gasteiger partial charge in [-0.15, -0.1) is 10.2 Å². The number of halogens is 1. The molecule has 0 unspecified atom stereocenters. The molecule has 0 radical (unpaired) electrons. The fourth-order valence-corrected chi connectivity index (χ4v) is 5.24. The van der Waals surface area contributed by atoms with Gasteiger partial charge in [0.05, 0.1) is 16.3 Å². The zero-order chi connectivity index (χ0) is 30.2. The van der Waals surface area contributed by atoms with Gasteiger partial charge in [-0.05, 0) is 60.7 Å². The zero-order valence-corrected chi connectivity index (χ0v) is 32.7. The molecule has 22 heteroatoms. The molecule has 0 bridgehead atoms. The summed E-state index contributed by atoms with van der Waals surface area (Å²) >= 11 is 2.88. The smallest absolute Gasteiger partial charge is 0.862 e. The molecule has 0 aromatic heterocycles. The van der Waals surface area contributed by atoms with Crippen molar-refractivity contribution in [3.63, 3.8) is 0 Å². The van der Waals surface area contributed by atoms with E-state index in [4.69, 9.17) is 0 Å². The average molecular weight is 743 g/mol. The first-order valence-electron chi connectivity index (χ1n) is 10.2. The van der Waals surface area contributed by atoms with Crippen molar-refractivity contribution in [3.8, 4) is 0 Å². The van der Waals surface area contributed by atoms with Crippen molar-refractivity contribution in [1.29, 1.82) is 0 Å². The molecule has 0 fully saturated rings. The molecule has 212 valence electrons. The Balaban J connectivity index is 0.00000588. The largest absolute Gasteiger partial charge is 1.00 e. The monoisotopic (exact) mass is 742 g/mol. The molecule has 0 saturated heterocycles. The number of nitrogens with zero attached hydrogens (tertiary/aromatic N) is 4. The standard InChI is InChI=1S/C21H17BrN4O11S3.3Na/c1-10(22)21(28)24-13-3-4-16(17(7-13)23-11(2)27)25-26-18-9-15-12(6-20(18)40(35,36)37)5-14(38(29,30)31)8-19(15)39(32,33)34;;;/h3-9H,1H2,2H3,(H,23,27)(H,24,28)(H,29,30,31)(H,32,33,34)(H,35,36,37);;;/q;3*+1/p-3. The van der Waals surface area contributed by atoms with Crippen molar-refractivity contribution in [3.05, 3.63) is 53.5 Å². The Hall–Kier alpha value is -0.590. The quantitative estimate of drug-likeness (QED) is 0.0721. The maximum atomic E-state index is 12.1. The van der Waals surface area contributed by atoms with Crippen molar-refractivity contribution in [2.75, 3.05) is 0 Å². The SMILES string of the molecule is C=C(Br)C([O-])=Nc1ccc(N=Nc2cc3c(S(=O)(=O)O)cc(S(=O)(=O)[O-])cc3cc2S(=O)(=O)O)c(N=C(C)[O-])c1.[Na+].[Na+].[Na+]. The Kier molecular flexibility index (Phi) is 16.1. The number of benzene rings is 3. The molecule has 0 saturated carbocycles. The molecule has 0 spiro atoms. The second kappa shape index (κ2) is 16.3. The summed E-state index contributed by atoms with van der Waals surface area (Å²) in [6.07, 6.45) is 0. The van der Waals surface area contributed by atoms with Crippen LogP contribution >= 0.6 is 15.9 Å². The maximum Gasteiger partial charge on any atom is 1.00 e. The van der Waals surface area contributed by atoms with Crippen LogP contribution in [0.15, 0.2) is 88.4 Å². The van der Waals surface area contributed by atoms with Gasteiger partial charge >= 0.3 is 88.7 Å². The van der Waals surface area contributed by atoms with Gasteiger partial charge in [0.25, 0.3) is 20.2 Å². The van der Waals surface area contributed by atoms with Crippen LogP contribution in [0.3, 0.4) is 0 Å². The number of hydrogen-bond acceptors (Lipinski definition) is 13. The molecule has 0 aliphatic rings. The maximum absolute atomic E-state index is 12.1. The van der Waals surface area contributed by atoms with Crippen molar-refractivity contribution >= 4 is 91.6 Å². The van der Waals surface area contributed by atoms with E-state index in [1.165, 1.54) is 18.2 Å². The summed E-state index contributed by atoms with van der Waals surface area (Å²) in [7, 11) is -15.6. The molecule has 0 amide bonds. The Bertz CT molecular complexity index is 2000. The van der Waals surface area contributed by atoms with Crippen molar-refractivity contribution in [1.82, 2.24) is 0 Å². The van der Waals surface area contributed by atoms with Crippen LogP contribution in [0.4, 0.5) is 22.7 Å². The molecule has 0 atom stereocenters. The topological polar surface area (TPSA) is 262 Å². The Morgan fingerprint density at radius 3 is 1.84 bits per heavy atom. The van der Waals surface area contributed by atoms with E-state index in [2.05, 4.69) is 42.7 Å². The third-order valence-corrected chi connectivity index (χ3v) is 7.71. The van der Waals surface area contributed by atoms with Crippen LogP contribution in [-0.4, -0.2) is 50.7 Å². The van der Waals surface area contributed by atoms with Gasteiger partial charge in [0.15, 0.2) is 0 Å². The summed E-state index contributed by atoms with van der Waals surface area (Å²) in [5, 5.41) is 30.0. The summed E-state index contributed by atoms with van der Waals surface area (Å²) in [5.41, 5.74) is -0.978. The molecule has 43 heavy (non-hydrogen) atoms. The first-order chi connectivity index (χ1) is 18.3. The number of aliphatic imine (C=N–C) groups is 2. The molecule has 0 aliphatic heterocycles. The van der Waals surface area contributed by atoms with Gasteiger partial charge in [0, 0.05) is 15.8 Å². The fraction of sp³-hybridized carbons (Fsp3) is 0.0476. The number of fused-ring (bicyclic) bond motifs is 1. The van der Waals surface area contributed by atoms with Crippen LogP contribution in [-0.2, 0) is 30.4 Å². The van der Waals surface area contributed by atoms with Gasteiger partial charge in [-0.25, -0.2) is 8.42 Å². The van der Waals surface area contributed by atoms with E-state index in [0.29, 0.717) is 18.2 Å². The van der Waals surface area contributed by atoms with Crippen LogP contribution in [0.2, 0.25) is 0 Å². The van der Waals surface area contributed by atoms with E-state index >= 15 is 0 Å². The van der Waals surface area contributed by atoms with Crippen LogP contribution in [0.5, 0.6) is 0 Å². The average Bonchev–Trinajstić information content (AvgIpc) is 2.80. The third-order valence-electron chi connectivity index (χ3n) is 4.78. The molecule has 3 aromatic rings. The number of rotatable bonds is 8. The zero-order valence-electron chi connectivity index (χ0n) is 22.7. The number of hydrogen-bond donors (Lipinski definition) is 2.